The fraction of sp³-hybridized carbons (Fsp3) is 0.222. The van der Waals surface area contributed by atoms with E-state index in [1.54, 1.807) is 11.6 Å². The maximum Gasteiger partial charge on any atom is 0.422 e. The average Bonchev–Trinajstić information content (AvgIpc) is 2.21. The van der Waals surface area contributed by atoms with Crippen LogP contribution in [0.15, 0.2) is 22.7 Å². The first-order valence-electron chi connectivity index (χ1n) is 4.86. The first-order chi connectivity index (χ1) is 8.34. The molecular formula is C9H12BrN3O4S. The maximum atomic E-state index is 11.5. The third-order valence-corrected chi connectivity index (χ3v) is 3.31. The van der Waals surface area contributed by atoms with Gasteiger partial charge in [-0.15, -0.1) is 0 Å². The van der Waals surface area contributed by atoms with Crippen molar-refractivity contribution in [2.75, 3.05) is 17.1 Å². The van der Waals surface area contributed by atoms with Crippen LogP contribution in [0.2, 0.25) is 0 Å². The van der Waals surface area contributed by atoms with Gasteiger partial charge in [-0.25, -0.2) is 9.52 Å². The molecule has 9 heteroatoms. The summed E-state index contributed by atoms with van der Waals surface area (Å²) in [5.41, 5.74) is 6.24. The second-order valence-electron chi connectivity index (χ2n) is 3.17. The molecule has 0 fully saturated rings. The van der Waals surface area contributed by atoms with Gasteiger partial charge in [0.2, 0.25) is 0 Å². The Balaban J connectivity index is 2.79. The number of carbonyl (C=O) groups is 1. The van der Waals surface area contributed by atoms with Crippen LogP contribution in [0, 0.1) is 0 Å². The molecule has 7 nitrogen and oxygen atoms in total. The van der Waals surface area contributed by atoms with Crippen LogP contribution in [0.5, 0.6) is 0 Å². The van der Waals surface area contributed by atoms with E-state index in [9.17, 15) is 13.2 Å². The van der Waals surface area contributed by atoms with E-state index in [0.717, 1.165) is 0 Å². The topological polar surface area (TPSA) is 111 Å². The van der Waals surface area contributed by atoms with E-state index in [1.807, 2.05) is 0 Å². The Morgan fingerprint density at radius 3 is 2.72 bits per heavy atom. The van der Waals surface area contributed by atoms with Crippen molar-refractivity contribution < 1.29 is 17.9 Å². The van der Waals surface area contributed by atoms with Crippen LogP contribution in [0.1, 0.15) is 6.92 Å². The summed E-state index contributed by atoms with van der Waals surface area (Å²) >= 11 is 3.15. The average molecular weight is 338 g/mol. The Kier molecular flexibility index (Phi) is 4.79. The summed E-state index contributed by atoms with van der Waals surface area (Å²) in [6.45, 7) is 1.64. The molecule has 0 aliphatic rings. The van der Waals surface area contributed by atoms with E-state index in [4.69, 9.17) is 5.73 Å². The second kappa shape index (κ2) is 5.91. The lowest BCUT2D eigenvalue weighted by Gasteiger charge is -2.10. The molecule has 0 heterocycles. The molecule has 0 bridgehead atoms. The number of amides is 1. The summed E-state index contributed by atoms with van der Waals surface area (Å²) in [5, 5.41) is 0. The fourth-order valence-electron chi connectivity index (χ4n) is 1.05. The van der Waals surface area contributed by atoms with Crippen LogP contribution in [0.3, 0.4) is 0 Å². The Labute approximate surface area is 113 Å². The van der Waals surface area contributed by atoms with Crippen molar-refractivity contribution in [3.8, 4) is 0 Å². The number of ether oxygens (including phenoxy) is 1. The fourth-order valence-corrected chi connectivity index (χ4v) is 2.48. The number of rotatable bonds is 4. The van der Waals surface area contributed by atoms with Gasteiger partial charge in [-0.05, 0) is 41.1 Å². The minimum Gasteiger partial charge on any atom is -0.449 e. The van der Waals surface area contributed by atoms with Gasteiger partial charge in [0.1, 0.15) is 0 Å². The van der Waals surface area contributed by atoms with Gasteiger partial charge in [0.05, 0.1) is 12.3 Å². The van der Waals surface area contributed by atoms with Gasteiger partial charge in [-0.3, -0.25) is 4.72 Å². The number of hydrogen-bond donors (Lipinski definition) is 3. The predicted octanol–water partition coefficient (Wildman–Crippen LogP) is 1.43. The lowest BCUT2D eigenvalue weighted by molar-refractivity contribution is 0.159. The smallest absolute Gasteiger partial charge is 0.422 e. The number of carbonyl (C=O) groups excluding carboxylic acids is 1. The largest absolute Gasteiger partial charge is 0.449 e. The molecule has 18 heavy (non-hydrogen) atoms. The Bertz CT molecular complexity index is 547. The van der Waals surface area contributed by atoms with Crippen molar-refractivity contribution in [3.63, 3.8) is 0 Å². The third kappa shape index (κ3) is 4.41. The summed E-state index contributed by atoms with van der Waals surface area (Å²) in [4.78, 5) is 11.0. The lowest BCUT2D eigenvalue weighted by Crippen LogP contribution is -2.35. The molecule has 1 rings (SSSR count). The molecule has 0 aromatic heterocycles. The van der Waals surface area contributed by atoms with Crippen molar-refractivity contribution in [1.82, 2.24) is 4.72 Å². The van der Waals surface area contributed by atoms with Gasteiger partial charge in [0, 0.05) is 10.2 Å². The van der Waals surface area contributed by atoms with Gasteiger partial charge in [-0.1, -0.05) is 0 Å². The second-order valence-corrected chi connectivity index (χ2v) is 5.44. The molecule has 1 amide bonds. The molecule has 0 unspecified atom stereocenters. The van der Waals surface area contributed by atoms with Gasteiger partial charge in [0.25, 0.3) is 0 Å². The van der Waals surface area contributed by atoms with Crippen LogP contribution in [-0.4, -0.2) is 21.1 Å². The normalized spacial score (nSPS) is 10.8. The molecule has 0 spiro atoms. The van der Waals surface area contributed by atoms with Crippen LogP contribution in [-0.2, 0) is 14.9 Å². The molecule has 0 aliphatic carbocycles. The van der Waals surface area contributed by atoms with E-state index in [-0.39, 0.29) is 12.3 Å². The molecule has 0 saturated heterocycles. The minimum absolute atomic E-state index is 0.0763. The summed E-state index contributed by atoms with van der Waals surface area (Å²) < 4.78 is 31.9. The Morgan fingerprint density at radius 1 is 1.50 bits per heavy atom. The van der Waals surface area contributed by atoms with Crippen molar-refractivity contribution in [2.24, 2.45) is 0 Å². The predicted molar refractivity (Wildman–Crippen MR) is 71.3 cm³/mol. The third-order valence-electron chi connectivity index (χ3n) is 1.73. The number of hydrogen-bond acceptors (Lipinski definition) is 5. The highest BCUT2D eigenvalue weighted by Gasteiger charge is 2.16. The van der Waals surface area contributed by atoms with Crippen LogP contribution in [0.25, 0.3) is 0 Å². The minimum atomic E-state index is -4.04. The summed E-state index contributed by atoms with van der Waals surface area (Å²) in [6, 6.07) is 4.51. The summed E-state index contributed by atoms with van der Waals surface area (Å²) in [6.07, 6.45) is -1.04. The molecule has 100 valence electrons. The number of benzene rings is 1. The van der Waals surface area contributed by atoms with Gasteiger partial charge in [0.15, 0.2) is 0 Å². The first kappa shape index (κ1) is 14.6. The quantitative estimate of drug-likeness (QED) is 0.720. The molecule has 0 radical (unpaired) electrons. The van der Waals surface area contributed by atoms with Gasteiger partial charge < -0.3 is 10.5 Å². The molecule has 4 N–H and O–H groups in total. The zero-order chi connectivity index (χ0) is 13.8. The van der Waals surface area contributed by atoms with Gasteiger partial charge in [-0.2, -0.15) is 8.42 Å². The highest BCUT2D eigenvalue weighted by atomic mass is 79.9. The monoisotopic (exact) mass is 337 g/mol. The number of halogens is 1. The molecule has 0 saturated carbocycles. The van der Waals surface area contributed by atoms with Crippen molar-refractivity contribution in [1.29, 1.82) is 0 Å². The SMILES string of the molecule is CCOC(=O)NS(=O)(=O)Nc1ccc(N)cc1Br. The van der Waals surface area contributed by atoms with Crippen molar-refractivity contribution >= 4 is 43.6 Å². The molecule has 1 aromatic carbocycles. The number of nitrogens with one attached hydrogen (secondary N) is 2. The van der Waals surface area contributed by atoms with E-state index in [1.165, 1.54) is 18.2 Å². The highest BCUT2D eigenvalue weighted by molar-refractivity contribution is 9.10. The molecular weight excluding hydrogens is 326 g/mol. The molecule has 0 atom stereocenters. The van der Waals surface area contributed by atoms with Crippen molar-refractivity contribution in [2.45, 2.75) is 6.92 Å². The number of nitrogen functional groups attached to an aromatic ring is 1. The van der Waals surface area contributed by atoms with Gasteiger partial charge >= 0.3 is 16.3 Å². The summed E-state index contributed by atoms with van der Waals surface area (Å²) in [7, 11) is -4.04. The maximum absolute atomic E-state index is 11.5. The zero-order valence-corrected chi connectivity index (χ0v) is 11.8. The summed E-state index contributed by atoms with van der Waals surface area (Å²) in [5.74, 6) is 0. The van der Waals surface area contributed by atoms with E-state index >= 15 is 0 Å². The number of nitrogens with two attached hydrogens (primary N) is 1. The van der Waals surface area contributed by atoms with E-state index < -0.39 is 16.3 Å². The first-order valence-corrected chi connectivity index (χ1v) is 7.14. The van der Waals surface area contributed by atoms with Crippen LogP contribution in [0.4, 0.5) is 16.2 Å². The van der Waals surface area contributed by atoms with Crippen LogP contribution >= 0.6 is 15.9 Å². The highest BCUT2D eigenvalue weighted by Crippen LogP contribution is 2.25. The Morgan fingerprint density at radius 2 is 2.17 bits per heavy atom. The van der Waals surface area contributed by atoms with E-state index in [0.29, 0.717) is 10.2 Å². The Hall–Kier alpha value is -1.48. The lowest BCUT2D eigenvalue weighted by atomic mass is 10.3. The number of anilines is 2. The molecule has 1 aromatic rings. The standard InChI is InChI=1S/C9H12BrN3O4S/c1-2-17-9(14)13-18(15,16)12-8-4-3-6(11)5-7(8)10/h3-5,12H,2,11H2,1H3,(H,13,14). The molecule has 0 aliphatic heterocycles. The zero-order valence-electron chi connectivity index (χ0n) is 9.44. The van der Waals surface area contributed by atoms with E-state index in [2.05, 4.69) is 25.4 Å². The van der Waals surface area contributed by atoms with Crippen LogP contribution < -0.4 is 15.2 Å². The van der Waals surface area contributed by atoms with Crippen molar-refractivity contribution in [3.05, 3.63) is 22.7 Å².